The molecule has 6 heteroatoms. The third-order valence-electron chi connectivity index (χ3n) is 4.34. The van der Waals surface area contributed by atoms with Gasteiger partial charge in [0.2, 0.25) is 0 Å². The first-order chi connectivity index (χ1) is 12.7. The Morgan fingerprint density at radius 1 is 1.19 bits per heavy atom. The minimum absolute atomic E-state index is 0.0415. The summed E-state index contributed by atoms with van der Waals surface area (Å²) in [7, 11) is 0. The molecule has 0 aliphatic heterocycles. The van der Waals surface area contributed by atoms with Crippen LogP contribution in [0.15, 0.2) is 48.8 Å². The zero-order chi connectivity index (χ0) is 18.4. The summed E-state index contributed by atoms with van der Waals surface area (Å²) in [6, 6.07) is 11.9. The second kappa shape index (κ2) is 8.58. The predicted octanol–water partition coefficient (Wildman–Crippen LogP) is 2.71. The van der Waals surface area contributed by atoms with E-state index in [9.17, 15) is 9.90 Å². The van der Waals surface area contributed by atoms with Crippen LogP contribution >= 0.6 is 0 Å². The Balaban J connectivity index is 1.82. The molecule has 0 atom stereocenters. The summed E-state index contributed by atoms with van der Waals surface area (Å²) in [6.07, 6.45) is 5.25. The Labute approximate surface area is 153 Å². The summed E-state index contributed by atoms with van der Waals surface area (Å²) in [5.74, 6) is -0.0993. The van der Waals surface area contributed by atoms with Gasteiger partial charge in [-0.05, 0) is 18.1 Å². The summed E-state index contributed by atoms with van der Waals surface area (Å²) >= 11 is 0. The van der Waals surface area contributed by atoms with Crippen molar-refractivity contribution in [3.8, 4) is 0 Å². The average molecular weight is 352 g/mol. The summed E-state index contributed by atoms with van der Waals surface area (Å²) in [5.41, 5.74) is 2.43. The average Bonchev–Trinajstić information content (AvgIpc) is 3.07. The van der Waals surface area contributed by atoms with E-state index in [0.29, 0.717) is 25.2 Å². The fraction of sp³-hybridized carbons (Fsp3) is 0.350. The number of hydrogen-bond acceptors (Lipinski definition) is 4. The van der Waals surface area contributed by atoms with Crippen LogP contribution in [0.25, 0.3) is 11.0 Å². The highest BCUT2D eigenvalue weighted by molar-refractivity contribution is 5.96. The van der Waals surface area contributed by atoms with E-state index in [1.165, 1.54) is 0 Å². The van der Waals surface area contributed by atoms with Crippen LogP contribution in [0.1, 0.15) is 35.7 Å². The molecule has 0 bridgehead atoms. The van der Waals surface area contributed by atoms with Crippen molar-refractivity contribution in [2.45, 2.75) is 26.3 Å². The number of nitrogens with zero attached hydrogens (tertiary/aromatic N) is 4. The molecule has 0 unspecified atom stereocenters. The lowest BCUT2D eigenvalue weighted by molar-refractivity contribution is 0.0719. The normalized spacial score (nSPS) is 11.0. The van der Waals surface area contributed by atoms with Crippen LogP contribution < -0.4 is 0 Å². The largest absolute Gasteiger partial charge is 0.395 e. The number of pyridine rings is 1. The number of benzene rings is 1. The molecule has 0 saturated carbocycles. The summed E-state index contributed by atoms with van der Waals surface area (Å²) in [4.78, 5) is 18.9. The molecular formula is C20H24N4O2. The first kappa shape index (κ1) is 18.1. The fourth-order valence-corrected chi connectivity index (χ4v) is 2.93. The van der Waals surface area contributed by atoms with Gasteiger partial charge in [0.1, 0.15) is 0 Å². The molecule has 2 heterocycles. The lowest BCUT2D eigenvalue weighted by Gasteiger charge is -2.21. The third kappa shape index (κ3) is 4.08. The number of rotatable bonds is 8. The molecule has 1 amide bonds. The van der Waals surface area contributed by atoms with Crippen LogP contribution in [0.2, 0.25) is 0 Å². The molecule has 6 nitrogen and oxygen atoms in total. The van der Waals surface area contributed by atoms with Crippen molar-refractivity contribution in [1.82, 2.24) is 19.7 Å². The van der Waals surface area contributed by atoms with Crippen LogP contribution in [-0.2, 0) is 6.54 Å². The molecule has 1 aromatic carbocycles. The van der Waals surface area contributed by atoms with Gasteiger partial charge in [-0.1, -0.05) is 43.7 Å². The molecule has 26 heavy (non-hydrogen) atoms. The summed E-state index contributed by atoms with van der Waals surface area (Å²) < 4.78 is 1.83. The van der Waals surface area contributed by atoms with Crippen molar-refractivity contribution in [3.05, 3.63) is 59.9 Å². The number of amides is 1. The first-order valence-corrected chi connectivity index (χ1v) is 8.98. The molecule has 3 rings (SSSR count). The van der Waals surface area contributed by atoms with Gasteiger partial charge in [-0.2, -0.15) is 5.10 Å². The molecule has 136 valence electrons. The molecule has 1 N–H and O–H groups in total. The Morgan fingerprint density at radius 2 is 2.00 bits per heavy atom. The third-order valence-corrected chi connectivity index (χ3v) is 4.34. The van der Waals surface area contributed by atoms with E-state index in [-0.39, 0.29) is 12.5 Å². The summed E-state index contributed by atoms with van der Waals surface area (Å²) in [5, 5.41) is 14.5. The van der Waals surface area contributed by atoms with Crippen LogP contribution in [0, 0.1) is 0 Å². The van der Waals surface area contributed by atoms with Crippen molar-refractivity contribution < 1.29 is 9.90 Å². The van der Waals surface area contributed by atoms with Gasteiger partial charge in [0.05, 0.1) is 24.9 Å². The maximum absolute atomic E-state index is 12.7. The maximum Gasteiger partial charge on any atom is 0.255 e. The smallest absolute Gasteiger partial charge is 0.255 e. The molecule has 0 radical (unpaired) electrons. The predicted molar refractivity (Wildman–Crippen MR) is 101 cm³/mol. The van der Waals surface area contributed by atoms with Crippen LogP contribution in [0.3, 0.4) is 0 Å². The molecule has 0 fully saturated rings. The number of aliphatic hydroxyl groups excluding tert-OH is 1. The maximum atomic E-state index is 12.7. The van der Waals surface area contributed by atoms with Gasteiger partial charge >= 0.3 is 0 Å². The number of unbranched alkanes of at least 4 members (excludes halogenated alkanes) is 1. The first-order valence-electron chi connectivity index (χ1n) is 8.98. The number of carbonyl (C=O) groups excluding carboxylic acids is 1. The van der Waals surface area contributed by atoms with Crippen LogP contribution in [0.4, 0.5) is 0 Å². The number of aromatic nitrogens is 3. The van der Waals surface area contributed by atoms with Gasteiger partial charge in [0, 0.05) is 24.7 Å². The van der Waals surface area contributed by atoms with Crippen molar-refractivity contribution in [2.75, 3.05) is 19.7 Å². The van der Waals surface area contributed by atoms with E-state index >= 15 is 0 Å². The zero-order valence-electron chi connectivity index (χ0n) is 15.0. The Kier molecular flexibility index (Phi) is 5.96. The Bertz CT molecular complexity index is 861. The quantitative estimate of drug-likeness (QED) is 0.677. The zero-order valence-corrected chi connectivity index (χ0v) is 15.0. The van der Waals surface area contributed by atoms with Crippen molar-refractivity contribution in [3.63, 3.8) is 0 Å². The van der Waals surface area contributed by atoms with E-state index in [4.69, 9.17) is 0 Å². The molecule has 3 aromatic rings. The second-order valence-corrected chi connectivity index (χ2v) is 6.29. The molecular weight excluding hydrogens is 328 g/mol. The Hall–Kier alpha value is -2.73. The molecule has 2 aromatic heterocycles. The number of fused-ring (bicyclic) bond motifs is 1. The van der Waals surface area contributed by atoms with Gasteiger partial charge in [0.25, 0.3) is 5.91 Å². The van der Waals surface area contributed by atoms with E-state index in [1.807, 2.05) is 41.1 Å². The topological polar surface area (TPSA) is 71.2 Å². The highest BCUT2D eigenvalue weighted by Crippen LogP contribution is 2.16. The fourth-order valence-electron chi connectivity index (χ4n) is 2.93. The van der Waals surface area contributed by atoms with Gasteiger partial charge in [-0.3, -0.25) is 4.79 Å². The lowest BCUT2D eigenvalue weighted by Crippen LogP contribution is -2.34. The molecule has 0 saturated heterocycles. The van der Waals surface area contributed by atoms with Gasteiger partial charge in [-0.25, -0.2) is 9.67 Å². The minimum atomic E-state index is -0.0993. The van der Waals surface area contributed by atoms with E-state index in [1.54, 1.807) is 17.3 Å². The minimum Gasteiger partial charge on any atom is -0.395 e. The second-order valence-electron chi connectivity index (χ2n) is 6.29. The highest BCUT2D eigenvalue weighted by atomic mass is 16.3. The number of carbonyl (C=O) groups is 1. The van der Waals surface area contributed by atoms with Gasteiger partial charge in [-0.15, -0.1) is 0 Å². The molecule has 0 aliphatic carbocycles. The lowest BCUT2D eigenvalue weighted by atomic mass is 10.2. The van der Waals surface area contributed by atoms with E-state index in [2.05, 4.69) is 17.0 Å². The monoisotopic (exact) mass is 352 g/mol. The molecule has 0 aliphatic rings. The standard InChI is InChI=1S/C20H24N4O2/c1-2-3-9-23(10-11-25)20(26)18-12-17-14-22-24(19(17)21-13-18)15-16-7-5-4-6-8-16/h4-8,12-14,25H,2-3,9-11,15H2,1H3. The summed E-state index contributed by atoms with van der Waals surface area (Å²) in [6.45, 7) is 3.65. The van der Waals surface area contributed by atoms with Crippen LogP contribution in [0.5, 0.6) is 0 Å². The van der Waals surface area contributed by atoms with E-state index in [0.717, 1.165) is 29.4 Å². The van der Waals surface area contributed by atoms with Crippen molar-refractivity contribution in [1.29, 1.82) is 0 Å². The van der Waals surface area contributed by atoms with Gasteiger partial charge < -0.3 is 10.0 Å². The number of aliphatic hydroxyl groups is 1. The Morgan fingerprint density at radius 3 is 2.73 bits per heavy atom. The van der Waals surface area contributed by atoms with E-state index < -0.39 is 0 Å². The van der Waals surface area contributed by atoms with Crippen molar-refractivity contribution in [2.24, 2.45) is 0 Å². The molecule has 0 spiro atoms. The SMILES string of the molecule is CCCCN(CCO)C(=O)c1cnc2c(cnn2Cc2ccccc2)c1. The van der Waals surface area contributed by atoms with Crippen LogP contribution in [-0.4, -0.2) is 50.4 Å². The van der Waals surface area contributed by atoms with Crippen molar-refractivity contribution >= 4 is 16.9 Å². The highest BCUT2D eigenvalue weighted by Gasteiger charge is 2.17. The number of hydrogen-bond donors (Lipinski definition) is 1. The van der Waals surface area contributed by atoms with Gasteiger partial charge in [0.15, 0.2) is 5.65 Å².